The lowest BCUT2D eigenvalue weighted by Crippen LogP contribution is -2.14. The number of benzene rings is 1. The molecule has 0 aliphatic heterocycles. The van der Waals surface area contributed by atoms with Gasteiger partial charge in [-0.25, -0.2) is 13.6 Å². The maximum Gasteiger partial charge on any atom is 0.213 e. The van der Waals surface area contributed by atoms with Crippen LogP contribution in [0.1, 0.15) is 17.1 Å². The first-order valence-electron chi connectivity index (χ1n) is 5.78. The Balaban J connectivity index is 1.95. The minimum absolute atomic E-state index is 0.184. The molecule has 0 saturated carbocycles. The number of anilines is 1. The van der Waals surface area contributed by atoms with Gasteiger partial charge in [-0.05, 0) is 29.8 Å². The summed E-state index contributed by atoms with van der Waals surface area (Å²) in [6, 6.07) is 12.1. The first-order valence-corrected chi connectivity index (χ1v) is 7.50. The molecule has 20 heavy (non-hydrogen) atoms. The molecule has 0 spiro atoms. The molecule has 3 N–H and O–H groups in total. The summed E-state index contributed by atoms with van der Waals surface area (Å²) in [7, 11) is -3.51. The number of primary sulfonamides is 1. The zero-order chi connectivity index (χ0) is 14.6. The molecule has 1 heterocycles. The van der Waals surface area contributed by atoms with E-state index in [4.69, 9.17) is 14.8 Å². The molecule has 0 radical (unpaired) electrons. The molecular weight excluding hydrogens is 278 g/mol. The van der Waals surface area contributed by atoms with Gasteiger partial charge in [0.1, 0.15) is 11.8 Å². The highest BCUT2D eigenvalue weighted by Gasteiger charge is 2.05. The number of nitriles is 1. The number of nitrogens with two attached hydrogens (primary N) is 1. The second-order valence-corrected chi connectivity index (χ2v) is 5.85. The van der Waals surface area contributed by atoms with Crippen LogP contribution in [0.4, 0.5) is 5.69 Å². The monoisotopic (exact) mass is 291 g/mol. The lowest BCUT2D eigenvalue weighted by molar-refractivity contribution is 0.506. The summed E-state index contributed by atoms with van der Waals surface area (Å²) in [6.07, 6.45) is 0. The van der Waals surface area contributed by atoms with Crippen molar-refractivity contribution in [1.82, 2.24) is 0 Å². The van der Waals surface area contributed by atoms with Crippen LogP contribution in [0.25, 0.3) is 0 Å². The van der Waals surface area contributed by atoms with Crippen LogP contribution in [-0.4, -0.2) is 8.42 Å². The number of hydrogen-bond acceptors (Lipinski definition) is 5. The van der Waals surface area contributed by atoms with Gasteiger partial charge >= 0.3 is 0 Å². The molecule has 0 bridgehead atoms. The van der Waals surface area contributed by atoms with Gasteiger partial charge in [0.15, 0.2) is 0 Å². The Morgan fingerprint density at radius 2 is 1.90 bits per heavy atom. The van der Waals surface area contributed by atoms with Crippen LogP contribution in [0.15, 0.2) is 40.8 Å². The Morgan fingerprint density at radius 3 is 2.45 bits per heavy atom. The van der Waals surface area contributed by atoms with E-state index in [-0.39, 0.29) is 11.5 Å². The Hall–Kier alpha value is -2.30. The quantitative estimate of drug-likeness (QED) is 0.868. The van der Waals surface area contributed by atoms with Gasteiger partial charge < -0.3 is 9.73 Å². The molecule has 0 aliphatic rings. The van der Waals surface area contributed by atoms with E-state index in [0.29, 0.717) is 17.9 Å². The van der Waals surface area contributed by atoms with Crippen molar-refractivity contribution < 1.29 is 12.8 Å². The summed E-state index contributed by atoms with van der Waals surface area (Å²) in [5.41, 5.74) is 1.45. The minimum Gasteiger partial charge on any atom is -0.449 e. The Morgan fingerprint density at radius 1 is 1.20 bits per heavy atom. The molecule has 1 aromatic carbocycles. The predicted octanol–water partition coefficient (Wildman–Crippen LogP) is 1.55. The van der Waals surface area contributed by atoms with Crippen LogP contribution in [0.3, 0.4) is 0 Å². The van der Waals surface area contributed by atoms with Crippen molar-refractivity contribution in [3.05, 3.63) is 53.5 Å². The van der Waals surface area contributed by atoms with Gasteiger partial charge in [0.05, 0.1) is 12.3 Å². The fourth-order valence-electron chi connectivity index (χ4n) is 1.67. The average Bonchev–Trinajstić information content (AvgIpc) is 2.84. The number of furan rings is 1. The maximum atomic E-state index is 11.0. The van der Waals surface area contributed by atoms with Crippen molar-refractivity contribution in [3.8, 4) is 6.07 Å². The van der Waals surface area contributed by atoms with E-state index in [0.717, 1.165) is 5.69 Å². The van der Waals surface area contributed by atoms with Crippen LogP contribution in [-0.2, 0) is 22.3 Å². The second kappa shape index (κ2) is 5.77. The van der Waals surface area contributed by atoms with E-state index in [1.165, 1.54) is 0 Å². The van der Waals surface area contributed by atoms with Crippen LogP contribution < -0.4 is 10.5 Å². The molecule has 2 rings (SSSR count). The van der Waals surface area contributed by atoms with Crippen molar-refractivity contribution in [2.45, 2.75) is 12.3 Å². The van der Waals surface area contributed by atoms with Crippen LogP contribution >= 0.6 is 0 Å². The lowest BCUT2D eigenvalue weighted by Gasteiger charge is -2.05. The predicted molar refractivity (Wildman–Crippen MR) is 74.0 cm³/mol. The molecule has 104 valence electrons. The average molecular weight is 291 g/mol. The van der Waals surface area contributed by atoms with Gasteiger partial charge in [0.25, 0.3) is 0 Å². The molecule has 0 atom stereocenters. The molecular formula is C13H13N3O3S. The Labute approximate surface area is 116 Å². The van der Waals surface area contributed by atoms with Crippen molar-refractivity contribution in [3.63, 3.8) is 0 Å². The van der Waals surface area contributed by atoms with Gasteiger partial charge in [-0.2, -0.15) is 5.26 Å². The van der Waals surface area contributed by atoms with E-state index in [2.05, 4.69) is 5.32 Å². The molecule has 0 fully saturated rings. The number of sulfonamides is 1. The van der Waals surface area contributed by atoms with Gasteiger partial charge in [-0.3, -0.25) is 0 Å². The Bertz CT molecular complexity index is 727. The summed E-state index contributed by atoms with van der Waals surface area (Å²) in [4.78, 5) is 0. The van der Waals surface area contributed by atoms with Crippen molar-refractivity contribution in [1.29, 1.82) is 5.26 Å². The number of hydrogen-bond donors (Lipinski definition) is 2. The largest absolute Gasteiger partial charge is 0.449 e. The van der Waals surface area contributed by atoms with Crippen LogP contribution in [0.2, 0.25) is 0 Å². The first kappa shape index (κ1) is 14.1. The molecule has 0 saturated heterocycles. The summed E-state index contributed by atoms with van der Waals surface area (Å²) >= 11 is 0. The van der Waals surface area contributed by atoms with E-state index in [1.807, 2.05) is 6.07 Å². The third-order valence-corrected chi connectivity index (χ3v) is 3.30. The van der Waals surface area contributed by atoms with E-state index in [1.54, 1.807) is 36.4 Å². The fourth-order valence-corrected chi connectivity index (χ4v) is 2.33. The van der Waals surface area contributed by atoms with E-state index in [9.17, 15) is 8.42 Å². The molecule has 6 nitrogen and oxygen atoms in total. The zero-order valence-electron chi connectivity index (χ0n) is 10.5. The van der Waals surface area contributed by atoms with Gasteiger partial charge in [-0.1, -0.05) is 12.1 Å². The minimum atomic E-state index is -3.51. The Kier molecular flexibility index (Phi) is 4.08. The highest BCUT2D eigenvalue weighted by Crippen LogP contribution is 2.13. The van der Waals surface area contributed by atoms with Crippen molar-refractivity contribution in [2.24, 2.45) is 5.14 Å². The van der Waals surface area contributed by atoms with Crippen LogP contribution in [0.5, 0.6) is 0 Å². The van der Waals surface area contributed by atoms with Gasteiger partial charge in [-0.15, -0.1) is 0 Å². The third kappa shape index (κ3) is 4.12. The highest BCUT2D eigenvalue weighted by atomic mass is 32.2. The lowest BCUT2D eigenvalue weighted by atomic mass is 10.2. The normalized spacial score (nSPS) is 11.0. The van der Waals surface area contributed by atoms with E-state index < -0.39 is 10.0 Å². The molecule has 1 aromatic heterocycles. The molecule has 0 amide bonds. The molecule has 2 aromatic rings. The summed E-state index contributed by atoms with van der Waals surface area (Å²) in [5.74, 6) is 0.734. The highest BCUT2D eigenvalue weighted by molar-refractivity contribution is 7.88. The number of nitrogens with one attached hydrogen (secondary N) is 1. The SMILES string of the molecule is N#Cc1ccc(CNc2ccc(CS(N)(=O)=O)cc2)o1. The summed E-state index contributed by atoms with van der Waals surface area (Å²) in [5, 5.41) is 16.7. The third-order valence-electron chi connectivity index (χ3n) is 2.56. The van der Waals surface area contributed by atoms with Gasteiger partial charge in [0, 0.05) is 5.69 Å². The molecule has 7 heteroatoms. The fraction of sp³-hybridized carbons (Fsp3) is 0.154. The number of rotatable bonds is 5. The standard InChI is InChI=1S/C13H13N3O3S/c14-7-12-5-6-13(19-12)8-16-11-3-1-10(2-4-11)9-20(15,17)18/h1-6,16H,8-9H2,(H2,15,17,18). The van der Waals surface area contributed by atoms with E-state index >= 15 is 0 Å². The zero-order valence-corrected chi connectivity index (χ0v) is 11.4. The summed E-state index contributed by atoms with van der Waals surface area (Å²) in [6.45, 7) is 0.441. The second-order valence-electron chi connectivity index (χ2n) is 4.24. The van der Waals surface area contributed by atoms with Crippen molar-refractivity contribution in [2.75, 3.05) is 5.32 Å². The first-order chi connectivity index (χ1) is 9.46. The summed E-state index contributed by atoms with van der Waals surface area (Å²) < 4.78 is 27.1. The van der Waals surface area contributed by atoms with Crippen molar-refractivity contribution >= 4 is 15.7 Å². The molecule has 0 aliphatic carbocycles. The topological polar surface area (TPSA) is 109 Å². The smallest absolute Gasteiger partial charge is 0.213 e. The van der Waals surface area contributed by atoms with Crippen LogP contribution in [0, 0.1) is 11.3 Å². The molecule has 0 unspecified atom stereocenters. The maximum absolute atomic E-state index is 11.0. The number of nitrogens with zero attached hydrogens (tertiary/aromatic N) is 1. The van der Waals surface area contributed by atoms with Gasteiger partial charge in [0.2, 0.25) is 15.8 Å².